The van der Waals surface area contributed by atoms with Crippen molar-refractivity contribution in [3.8, 4) is 5.75 Å². The van der Waals surface area contributed by atoms with E-state index >= 15 is 0 Å². The van der Waals surface area contributed by atoms with Gasteiger partial charge in [0.15, 0.2) is 11.6 Å². The predicted molar refractivity (Wildman–Crippen MR) is 133 cm³/mol. The van der Waals surface area contributed by atoms with Crippen molar-refractivity contribution in [2.45, 2.75) is 6.04 Å². The first-order valence-electron chi connectivity index (χ1n) is 10.9. The van der Waals surface area contributed by atoms with Gasteiger partial charge in [0, 0.05) is 17.3 Å². The second-order valence-electron chi connectivity index (χ2n) is 8.19. The molecular formula is C28H18ClF2NO4. The number of aliphatic hydroxyl groups excluding tert-OH is 1. The highest BCUT2D eigenvalue weighted by molar-refractivity contribution is 6.52. The molecule has 1 amide bonds. The molecule has 0 aliphatic carbocycles. The van der Waals surface area contributed by atoms with Crippen LogP contribution in [0.5, 0.6) is 5.75 Å². The fourth-order valence-electron chi connectivity index (χ4n) is 4.49. The van der Waals surface area contributed by atoms with Crippen LogP contribution in [0.2, 0.25) is 5.02 Å². The molecule has 1 aliphatic heterocycles. The summed E-state index contributed by atoms with van der Waals surface area (Å²) in [6, 6.07) is 19.0. The van der Waals surface area contributed by atoms with Crippen LogP contribution in [0.15, 0.2) is 84.4 Å². The second-order valence-corrected chi connectivity index (χ2v) is 8.59. The number of carbonyl (C=O) groups is 2. The maximum atomic E-state index is 14.2. The molecule has 5 rings (SSSR count). The van der Waals surface area contributed by atoms with E-state index in [1.165, 1.54) is 31.4 Å². The molecule has 1 atom stereocenters. The summed E-state index contributed by atoms with van der Waals surface area (Å²) >= 11 is 6.24. The van der Waals surface area contributed by atoms with E-state index in [9.17, 15) is 23.5 Å². The summed E-state index contributed by atoms with van der Waals surface area (Å²) in [6.07, 6.45) is 0. The predicted octanol–water partition coefficient (Wildman–Crippen LogP) is 6.41. The Labute approximate surface area is 209 Å². The van der Waals surface area contributed by atoms with Crippen LogP contribution in [0.3, 0.4) is 0 Å². The van der Waals surface area contributed by atoms with E-state index in [0.717, 1.165) is 27.8 Å². The standard InChI is InChI=1S/C28H18ClF2NO4/c1-36-23-12-9-16(13-20(23)29)26(33)24-25(19-8-4-6-15-5-2-3-7-18(15)19)32(28(35)27(24)34)17-10-11-21(30)22(31)14-17/h2-14,25,33H,1H3/b26-24-. The number of halogens is 3. The number of anilines is 1. The van der Waals surface area contributed by atoms with Gasteiger partial charge in [-0.25, -0.2) is 8.78 Å². The minimum Gasteiger partial charge on any atom is -0.507 e. The van der Waals surface area contributed by atoms with Crippen LogP contribution in [0.4, 0.5) is 14.5 Å². The van der Waals surface area contributed by atoms with Crippen LogP contribution in [0.1, 0.15) is 17.2 Å². The molecule has 1 saturated heterocycles. The van der Waals surface area contributed by atoms with Crippen LogP contribution in [-0.2, 0) is 9.59 Å². The number of aliphatic hydroxyl groups is 1. The first-order chi connectivity index (χ1) is 17.3. The van der Waals surface area contributed by atoms with Gasteiger partial charge >= 0.3 is 0 Å². The molecule has 1 N–H and O–H groups in total. The number of carbonyl (C=O) groups excluding carboxylic acids is 2. The number of hydrogen-bond donors (Lipinski definition) is 1. The van der Waals surface area contributed by atoms with E-state index in [2.05, 4.69) is 0 Å². The Hall–Kier alpha value is -4.23. The van der Waals surface area contributed by atoms with E-state index in [4.69, 9.17) is 16.3 Å². The molecule has 0 spiro atoms. The molecule has 5 nitrogen and oxygen atoms in total. The highest BCUT2D eigenvalue weighted by Gasteiger charge is 2.47. The molecule has 4 aromatic carbocycles. The maximum Gasteiger partial charge on any atom is 0.300 e. The lowest BCUT2D eigenvalue weighted by Gasteiger charge is -2.26. The molecule has 1 heterocycles. The Morgan fingerprint density at radius 3 is 2.42 bits per heavy atom. The van der Waals surface area contributed by atoms with Crippen LogP contribution in [-0.4, -0.2) is 23.9 Å². The van der Waals surface area contributed by atoms with Crippen molar-refractivity contribution in [2.24, 2.45) is 0 Å². The SMILES string of the molecule is COc1ccc(/C(O)=C2/C(=O)C(=O)N(c3ccc(F)c(F)c3)C2c2cccc3ccccc23)cc1Cl. The smallest absolute Gasteiger partial charge is 0.300 e. The van der Waals surface area contributed by atoms with Gasteiger partial charge in [0.05, 0.1) is 23.7 Å². The van der Waals surface area contributed by atoms with Crippen LogP contribution in [0.25, 0.3) is 16.5 Å². The minimum atomic E-state index is -1.17. The molecule has 1 aliphatic rings. The summed E-state index contributed by atoms with van der Waals surface area (Å²) in [5.74, 6) is -4.32. The molecule has 1 unspecified atom stereocenters. The lowest BCUT2D eigenvalue weighted by Crippen LogP contribution is -2.29. The Bertz CT molecular complexity index is 1580. The summed E-state index contributed by atoms with van der Waals surface area (Å²) in [5, 5.41) is 13.1. The van der Waals surface area contributed by atoms with Crippen molar-refractivity contribution in [3.05, 3.63) is 112 Å². The van der Waals surface area contributed by atoms with Gasteiger partial charge in [-0.1, -0.05) is 54.1 Å². The molecule has 1 fully saturated rings. The topological polar surface area (TPSA) is 66.8 Å². The number of hydrogen-bond acceptors (Lipinski definition) is 4. The van der Waals surface area contributed by atoms with Gasteiger partial charge in [-0.05, 0) is 46.7 Å². The molecule has 8 heteroatoms. The Balaban J connectivity index is 1.80. The van der Waals surface area contributed by atoms with Crippen molar-refractivity contribution in [3.63, 3.8) is 0 Å². The fraction of sp³-hybridized carbons (Fsp3) is 0.0714. The third-order valence-electron chi connectivity index (χ3n) is 6.17. The number of methoxy groups -OCH3 is 1. The molecule has 0 saturated carbocycles. The summed E-state index contributed by atoms with van der Waals surface area (Å²) in [4.78, 5) is 27.7. The Morgan fingerprint density at radius 2 is 1.69 bits per heavy atom. The molecule has 180 valence electrons. The number of rotatable bonds is 4. The number of amides is 1. The highest BCUT2D eigenvalue weighted by Crippen LogP contribution is 2.44. The third kappa shape index (κ3) is 3.78. The van der Waals surface area contributed by atoms with Crippen molar-refractivity contribution in [1.29, 1.82) is 0 Å². The van der Waals surface area contributed by atoms with E-state index in [-0.39, 0.29) is 21.8 Å². The Kier molecular flexibility index (Phi) is 5.94. The van der Waals surface area contributed by atoms with E-state index in [1.807, 2.05) is 24.3 Å². The van der Waals surface area contributed by atoms with Gasteiger partial charge in [0.1, 0.15) is 11.5 Å². The molecule has 0 aromatic heterocycles. The van der Waals surface area contributed by atoms with E-state index in [1.54, 1.807) is 18.2 Å². The first kappa shape index (κ1) is 23.5. The number of ketones is 1. The molecule has 0 radical (unpaired) electrons. The van der Waals surface area contributed by atoms with Gasteiger partial charge in [-0.2, -0.15) is 0 Å². The quantitative estimate of drug-likeness (QED) is 0.198. The molecule has 0 bridgehead atoms. The fourth-order valence-corrected chi connectivity index (χ4v) is 4.74. The Morgan fingerprint density at radius 1 is 0.944 bits per heavy atom. The monoisotopic (exact) mass is 505 g/mol. The largest absolute Gasteiger partial charge is 0.507 e. The molecule has 36 heavy (non-hydrogen) atoms. The van der Waals surface area contributed by atoms with Crippen LogP contribution < -0.4 is 9.64 Å². The van der Waals surface area contributed by atoms with Gasteiger partial charge in [0.25, 0.3) is 11.7 Å². The number of Topliss-reactive ketones (excluding diaryl/α,β-unsaturated/α-hetero) is 1. The maximum absolute atomic E-state index is 14.2. The van der Waals surface area contributed by atoms with Gasteiger partial charge in [0.2, 0.25) is 0 Å². The lowest BCUT2D eigenvalue weighted by molar-refractivity contribution is -0.132. The van der Waals surface area contributed by atoms with Crippen LogP contribution in [0, 0.1) is 11.6 Å². The van der Waals surface area contributed by atoms with Gasteiger partial charge < -0.3 is 9.84 Å². The normalized spacial score (nSPS) is 17.1. The second kappa shape index (κ2) is 9.09. The third-order valence-corrected chi connectivity index (χ3v) is 6.46. The zero-order chi connectivity index (χ0) is 25.6. The summed E-state index contributed by atoms with van der Waals surface area (Å²) in [5.41, 5.74) is 0.482. The van der Waals surface area contributed by atoms with Crippen molar-refractivity contribution < 1.29 is 28.2 Å². The van der Waals surface area contributed by atoms with Crippen LogP contribution >= 0.6 is 11.6 Å². The number of ether oxygens (including phenoxy) is 1. The van der Waals surface area contributed by atoms with E-state index < -0.39 is 35.1 Å². The minimum absolute atomic E-state index is 0.0271. The summed E-state index contributed by atoms with van der Waals surface area (Å²) in [7, 11) is 1.44. The number of fused-ring (bicyclic) bond motifs is 1. The summed E-state index contributed by atoms with van der Waals surface area (Å²) < 4.78 is 33.0. The van der Waals surface area contributed by atoms with Gasteiger partial charge in [-0.3, -0.25) is 14.5 Å². The first-order valence-corrected chi connectivity index (χ1v) is 11.3. The van der Waals surface area contributed by atoms with Crippen molar-refractivity contribution in [2.75, 3.05) is 12.0 Å². The van der Waals surface area contributed by atoms with Crippen molar-refractivity contribution >= 4 is 45.5 Å². The van der Waals surface area contributed by atoms with E-state index in [0.29, 0.717) is 11.3 Å². The van der Waals surface area contributed by atoms with Gasteiger partial charge in [-0.15, -0.1) is 0 Å². The number of benzene rings is 4. The molecular weight excluding hydrogens is 488 g/mol. The molecule has 4 aromatic rings. The zero-order valence-corrected chi connectivity index (χ0v) is 19.6. The highest BCUT2D eigenvalue weighted by atomic mass is 35.5. The number of nitrogens with zero attached hydrogens (tertiary/aromatic N) is 1. The lowest BCUT2D eigenvalue weighted by atomic mass is 9.91. The van der Waals surface area contributed by atoms with Crippen molar-refractivity contribution in [1.82, 2.24) is 0 Å². The zero-order valence-electron chi connectivity index (χ0n) is 18.8. The average molecular weight is 506 g/mol. The summed E-state index contributed by atoms with van der Waals surface area (Å²) in [6.45, 7) is 0. The average Bonchev–Trinajstić information content (AvgIpc) is 3.15.